The molecular formula is C29H29N5O5S2. The third-order valence-electron chi connectivity index (χ3n) is 5.93. The average Bonchev–Trinajstić information content (AvgIpc) is 3.40. The zero-order valence-corrected chi connectivity index (χ0v) is 24.2. The van der Waals surface area contributed by atoms with Crippen LogP contribution in [-0.2, 0) is 9.59 Å². The number of aromatic nitrogens is 1. The molecule has 4 N–H and O–H groups in total. The molecule has 0 aliphatic heterocycles. The van der Waals surface area contributed by atoms with E-state index >= 15 is 0 Å². The summed E-state index contributed by atoms with van der Waals surface area (Å²) in [6, 6.07) is 19.8. The number of hydrogen-bond acceptors (Lipinski definition) is 8. The molecule has 0 unspecified atom stereocenters. The molecule has 0 aliphatic rings. The summed E-state index contributed by atoms with van der Waals surface area (Å²) in [5.41, 5.74) is 6.52. The van der Waals surface area contributed by atoms with Crippen molar-refractivity contribution in [1.82, 2.24) is 21.2 Å². The standard InChI is InChI=1S/C29H29N5O5S2/c1-17(2)25(28(38)34-33-24(35)16-40-29-31-22-10-6-7-11-23(22)41-29)32-27(37)20-8-4-5-9-21(20)30-26(36)18-12-14-19(39-3)15-13-18/h4-15,17,25H,16H2,1-3H3,(H,30,36)(H,32,37)(H,33,35)(H,34,38)/t25-/m1/s1. The number of thiazole rings is 1. The molecule has 0 saturated carbocycles. The Bertz CT molecular complexity index is 1520. The first-order valence-corrected chi connectivity index (χ1v) is 14.5. The lowest BCUT2D eigenvalue weighted by atomic mass is 10.0. The Morgan fingerprint density at radius 2 is 1.61 bits per heavy atom. The van der Waals surface area contributed by atoms with Crippen molar-refractivity contribution < 1.29 is 23.9 Å². The van der Waals surface area contributed by atoms with Gasteiger partial charge in [-0.1, -0.05) is 49.9 Å². The lowest BCUT2D eigenvalue weighted by Crippen LogP contribution is -2.54. The molecule has 1 heterocycles. The van der Waals surface area contributed by atoms with Crippen molar-refractivity contribution in [2.45, 2.75) is 24.2 Å². The summed E-state index contributed by atoms with van der Waals surface area (Å²) in [5.74, 6) is -1.58. The first kappa shape index (κ1) is 29.6. The Balaban J connectivity index is 1.33. The third-order valence-corrected chi connectivity index (χ3v) is 8.11. The van der Waals surface area contributed by atoms with Crippen LogP contribution in [0.2, 0.25) is 0 Å². The summed E-state index contributed by atoms with van der Waals surface area (Å²) in [4.78, 5) is 55.7. The van der Waals surface area contributed by atoms with Crippen LogP contribution in [0.15, 0.2) is 77.1 Å². The number of nitrogens with zero attached hydrogens (tertiary/aromatic N) is 1. The van der Waals surface area contributed by atoms with Crippen LogP contribution in [0.25, 0.3) is 10.2 Å². The predicted molar refractivity (Wildman–Crippen MR) is 160 cm³/mol. The number of anilines is 1. The van der Waals surface area contributed by atoms with Crippen molar-refractivity contribution >= 4 is 62.6 Å². The molecule has 3 aromatic carbocycles. The quantitative estimate of drug-likeness (QED) is 0.160. The van der Waals surface area contributed by atoms with Gasteiger partial charge in [0.25, 0.3) is 17.7 Å². The van der Waals surface area contributed by atoms with Gasteiger partial charge in [-0.05, 0) is 54.4 Å². The van der Waals surface area contributed by atoms with E-state index in [-0.39, 0.29) is 22.9 Å². The highest BCUT2D eigenvalue weighted by atomic mass is 32.2. The summed E-state index contributed by atoms with van der Waals surface area (Å²) < 4.78 is 6.90. The molecule has 41 heavy (non-hydrogen) atoms. The second kappa shape index (κ2) is 13.8. The second-order valence-corrected chi connectivity index (χ2v) is 11.5. The first-order valence-electron chi connectivity index (χ1n) is 12.7. The maximum Gasteiger partial charge on any atom is 0.261 e. The van der Waals surface area contributed by atoms with Crippen molar-refractivity contribution in [3.8, 4) is 5.75 Å². The molecule has 4 amide bonds. The number of benzene rings is 3. The molecule has 0 radical (unpaired) electrons. The number of rotatable bonds is 10. The van der Waals surface area contributed by atoms with Crippen molar-refractivity contribution in [1.29, 1.82) is 0 Å². The number of hydrazine groups is 1. The second-order valence-electron chi connectivity index (χ2n) is 9.20. The average molecular weight is 592 g/mol. The maximum absolute atomic E-state index is 13.2. The Hall–Kier alpha value is -4.42. The number of para-hydroxylation sites is 2. The molecule has 0 fully saturated rings. The van der Waals surface area contributed by atoms with E-state index in [0.29, 0.717) is 11.3 Å². The van der Waals surface area contributed by atoms with E-state index in [1.54, 1.807) is 62.4 Å². The van der Waals surface area contributed by atoms with Gasteiger partial charge in [-0.2, -0.15) is 0 Å². The molecule has 1 atom stereocenters. The fourth-order valence-corrected chi connectivity index (χ4v) is 5.63. The molecule has 0 bridgehead atoms. The minimum atomic E-state index is -0.954. The van der Waals surface area contributed by atoms with E-state index in [2.05, 4.69) is 26.5 Å². The molecule has 4 aromatic rings. The highest BCUT2D eigenvalue weighted by Gasteiger charge is 2.26. The highest BCUT2D eigenvalue weighted by Crippen LogP contribution is 2.29. The predicted octanol–water partition coefficient (Wildman–Crippen LogP) is 4.25. The van der Waals surface area contributed by atoms with Gasteiger partial charge in [0, 0.05) is 5.56 Å². The Kier molecular flexibility index (Phi) is 9.93. The molecule has 10 nitrogen and oxygen atoms in total. The van der Waals surface area contributed by atoms with Gasteiger partial charge in [0.2, 0.25) is 5.91 Å². The van der Waals surface area contributed by atoms with Gasteiger partial charge in [-0.3, -0.25) is 30.0 Å². The monoisotopic (exact) mass is 591 g/mol. The minimum Gasteiger partial charge on any atom is -0.497 e. The van der Waals surface area contributed by atoms with Gasteiger partial charge in [0.05, 0.1) is 34.3 Å². The van der Waals surface area contributed by atoms with E-state index < -0.39 is 29.7 Å². The highest BCUT2D eigenvalue weighted by molar-refractivity contribution is 8.01. The topological polar surface area (TPSA) is 139 Å². The number of ether oxygens (including phenoxy) is 1. The number of methoxy groups -OCH3 is 1. The fraction of sp³-hybridized carbons (Fsp3) is 0.207. The van der Waals surface area contributed by atoms with Crippen LogP contribution in [0.4, 0.5) is 5.69 Å². The van der Waals surface area contributed by atoms with Gasteiger partial charge in [-0.25, -0.2) is 4.98 Å². The summed E-state index contributed by atoms with van der Waals surface area (Å²) in [6.07, 6.45) is 0. The van der Waals surface area contributed by atoms with E-state index in [0.717, 1.165) is 14.6 Å². The van der Waals surface area contributed by atoms with Crippen LogP contribution in [0.5, 0.6) is 5.75 Å². The summed E-state index contributed by atoms with van der Waals surface area (Å²) in [6.45, 7) is 3.54. The minimum absolute atomic E-state index is 0.0556. The van der Waals surface area contributed by atoms with E-state index in [9.17, 15) is 19.2 Å². The van der Waals surface area contributed by atoms with Crippen LogP contribution >= 0.6 is 23.1 Å². The molecule has 0 spiro atoms. The van der Waals surface area contributed by atoms with E-state index in [4.69, 9.17) is 4.74 Å². The lowest BCUT2D eigenvalue weighted by molar-refractivity contribution is -0.129. The van der Waals surface area contributed by atoms with Crippen LogP contribution < -0.4 is 26.2 Å². The number of hydrogen-bond donors (Lipinski definition) is 4. The number of thioether (sulfide) groups is 1. The fourth-order valence-electron chi connectivity index (χ4n) is 3.77. The van der Waals surface area contributed by atoms with Crippen molar-refractivity contribution in [2.75, 3.05) is 18.2 Å². The van der Waals surface area contributed by atoms with Crippen molar-refractivity contribution in [3.05, 3.63) is 83.9 Å². The number of amides is 4. The van der Waals surface area contributed by atoms with Gasteiger partial charge >= 0.3 is 0 Å². The molecule has 12 heteroatoms. The molecule has 1 aromatic heterocycles. The molecule has 4 rings (SSSR count). The van der Waals surface area contributed by atoms with Crippen LogP contribution in [-0.4, -0.2) is 47.5 Å². The normalized spacial score (nSPS) is 11.5. The van der Waals surface area contributed by atoms with E-state index in [1.165, 1.54) is 30.2 Å². The van der Waals surface area contributed by atoms with Gasteiger partial charge < -0.3 is 15.4 Å². The van der Waals surface area contributed by atoms with Gasteiger partial charge in [-0.15, -0.1) is 11.3 Å². The SMILES string of the molecule is COc1ccc(C(=O)Nc2ccccc2C(=O)N[C@@H](C(=O)NNC(=O)CSc2nc3ccccc3s2)C(C)C)cc1. The zero-order valence-electron chi connectivity index (χ0n) is 22.6. The summed E-state index contributed by atoms with van der Waals surface area (Å²) >= 11 is 2.76. The Morgan fingerprint density at radius 3 is 2.32 bits per heavy atom. The molecule has 0 saturated heterocycles. The Labute approximate surface area is 245 Å². The maximum atomic E-state index is 13.2. The number of fused-ring (bicyclic) bond motifs is 1. The number of nitrogens with one attached hydrogen (secondary N) is 4. The van der Waals surface area contributed by atoms with Gasteiger partial charge in [0.1, 0.15) is 11.8 Å². The van der Waals surface area contributed by atoms with Crippen molar-refractivity contribution in [3.63, 3.8) is 0 Å². The van der Waals surface area contributed by atoms with Crippen LogP contribution in [0.1, 0.15) is 34.6 Å². The van der Waals surface area contributed by atoms with Crippen LogP contribution in [0, 0.1) is 5.92 Å². The molecule has 0 aliphatic carbocycles. The summed E-state index contributed by atoms with van der Waals surface area (Å²) in [7, 11) is 1.53. The number of carbonyl (C=O) groups excluding carboxylic acids is 4. The van der Waals surface area contributed by atoms with E-state index in [1.807, 2.05) is 24.3 Å². The molecular weight excluding hydrogens is 562 g/mol. The largest absolute Gasteiger partial charge is 0.497 e. The summed E-state index contributed by atoms with van der Waals surface area (Å²) in [5, 5.41) is 5.46. The smallest absolute Gasteiger partial charge is 0.261 e. The lowest BCUT2D eigenvalue weighted by Gasteiger charge is -2.22. The molecule has 212 valence electrons. The Morgan fingerprint density at radius 1 is 0.902 bits per heavy atom. The zero-order chi connectivity index (χ0) is 29.4. The van der Waals surface area contributed by atoms with Crippen molar-refractivity contribution in [2.24, 2.45) is 5.92 Å². The number of carbonyl (C=O) groups is 4. The van der Waals surface area contributed by atoms with Crippen LogP contribution in [0.3, 0.4) is 0 Å². The van der Waals surface area contributed by atoms with Gasteiger partial charge in [0.15, 0.2) is 4.34 Å². The first-order chi connectivity index (χ1) is 19.7. The third kappa shape index (κ3) is 7.83.